The summed E-state index contributed by atoms with van der Waals surface area (Å²) < 4.78 is 1.66. The maximum absolute atomic E-state index is 12.0. The van der Waals surface area contributed by atoms with Gasteiger partial charge in [0.25, 0.3) is 5.56 Å². The lowest BCUT2D eigenvalue weighted by molar-refractivity contribution is 0.649. The van der Waals surface area contributed by atoms with Crippen LogP contribution in [0.1, 0.15) is 19.2 Å². The number of hydrogen-bond donors (Lipinski definition) is 2. The fraction of sp³-hybridized carbons (Fsp3) is 0.455. The SMILES string of the molecule is CCCn1ccnc(NCCc2ncn[nH]2)c1=O. The minimum absolute atomic E-state index is 0.0862. The summed E-state index contributed by atoms with van der Waals surface area (Å²) in [4.78, 5) is 20.0. The number of anilines is 1. The van der Waals surface area contributed by atoms with E-state index in [1.54, 1.807) is 17.0 Å². The molecule has 0 aromatic carbocycles. The molecule has 2 N–H and O–H groups in total. The maximum atomic E-state index is 12.0. The van der Waals surface area contributed by atoms with E-state index in [1.165, 1.54) is 6.33 Å². The molecule has 0 aliphatic heterocycles. The highest BCUT2D eigenvalue weighted by molar-refractivity contribution is 5.30. The van der Waals surface area contributed by atoms with Gasteiger partial charge in [-0.05, 0) is 6.42 Å². The molecule has 7 heteroatoms. The van der Waals surface area contributed by atoms with Crippen LogP contribution in [0.2, 0.25) is 0 Å². The first-order valence-electron chi connectivity index (χ1n) is 5.95. The van der Waals surface area contributed by atoms with Crippen molar-refractivity contribution < 1.29 is 0 Å². The van der Waals surface area contributed by atoms with Crippen LogP contribution in [0.25, 0.3) is 0 Å². The van der Waals surface area contributed by atoms with Crippen LogP contribution in [-0.4, -0.2) is 31.3 Å². The molecule has 7 nitrogen and oxygen atoms in total. The van der Waals surface area contributed by atoms with Crippen LogP contribution >= 0.6 is 0 Å². The van der Waals surface area contributed by atoms with E-state index >= 15 is 0 Å². The molecule has 0 bridgehead atoms. The van der Waals surface area contributed by atoms with Gasteiger partial charge < -0.3 is 9.88 Å². The molecule has 0 saturated carbocycles. The number of nitrogens with zero attached hydrogens (tertiary/aromatic N) is 4. The topological polar surface area (TPSA) is 88.5 Å². The van der Waals surface area contributed by atoms with Crippen LogP contribution in [0.5, 0.6) is 0 Å². The molecular weight excluding hydrogens is 232 g/mol. The predicted molar refractivity (Wildman–Crippen MR) is 67.4 cm³/mol. The van der Waals surface area contributed by atoms with Gasteiger partial charge in [-0.25, -0.2) is 9.97 Å². The van der Waals surface area contributed by atoms with Crippen molar-refractivity contribution >= 4 is 5.82 Å². The van der Waals surface area contributed by atoms with E-state index in [-0.39, 0.29) is 5.56 Å². The van der Waals surface area contributed by atoms with Gasteiger partial charge in [0.15, 0.2) is 5.82 Å². The Morgan fingerprint density at radius 2 is 2.33 bits per heavy atom. The second-order valence-corrected chi connectivity index (χ2v) is 3.88. The number of aromatic nitrogens is 5. The van der Waals surface area contributed by atoms with E-state index in [4.69, 9.17) is 0 Å². The first kappa shape index (κ1) is 12.3. The highest BCUT2D eigenvalue weighted by Gasteiger charge is 2.03. The van der Waals surface area contributed by atoms with Gasteiger partial charge in [-0.3, -0.25) is 9.89 Å². The van der Waals surface area contributed by atoms with Gasteiger partial charge in [-0.15, -0.1) is 0 Å². The normalized spacial score (nSPS) is 10.5. The fourth-order valence-corrected chi connectivity index (χ4v) is 1.64. The maximum Gasteiger partial charge on any atom is 0.293 e. The van der Waals surface area contributed by atoms with Crippen molar-refractivity contribution in [2.75, 3.05) is 11.9 Å². The predicted octanol–water partition coefficient (Wildman–Crippen LogP) is 0.426. The smallest absolute Gasteiger partial charge is 0.293 e. The van der Waals surface area contributed by atoms with Gasteiger partial charge in [0.2, 0.25) is 0 Å². The second-order valence-electron chi connectivity index (χ2n) is 3.88. The van der Waals surface area contributed by atoms with E-state index in [1.807, 2.05) is 6.92 Å². The summed E-state index contributed by atoms with van der Waals surface area (Å²) >= 11 is 0. The Balaban J connectivity index is 1.97. The molecule has 96 valence electrons. The van der Waals surface area contributed by atoms with Gasteiger partial charge in [0.05, 0.1) is 0 Å². The van der Waals surface area contributed by atoms with Gasteiger partial charge in [-0.2, -0.15) is 5.10 Å². The summed E-state index contributed by atoms with van der Waals surface area (Å²) in [5, 5.41) is 9.54. The van der Waals surface area contributed by atoms with Crippen molar-refractivity contribution in [2.24, 2.45) is 0 Å². The lowest BCUT2D eigenvalue weighted by atomic mass is 10.4. The van der Waals surface area contributed by atoms with Crippen LogP contribution in [0.3, 0.4) is 0 Å². The zero-order chi connectivity index (χ0) is 12.8. The monoisotopic (exact) mass is 248 g/mol. The van der Waals surface area contributed by atoms with Crippen molar-refractivity contribution in [3.63, 3.8) is 0 Å². The summed E-state index contributed by atoms with van der Waals surface area (Å²) in [6.07, 6.45) is 6.39. The highest BCUT2D eigenvalue weighted by atomic mass is 16.1. The van der Waals surface area contributed by atoms with E-state index < -0.39 is 0 Å². The third kappa shape index (κ3) is 2.93. The second kappa shape index (κ2) is 5.95. The van der Waals surface area contributed by atoms with Crippen molar-refractivity contribution in [3.05, 3.63) is 34.9 Å². The van der Waals surface area contributed by atoms with Gasteiger partial charge in [0, 0.05) is 31.9 Å². The standard InChI is InChI=1S/C11H16N6O/c1-2-6-17-7-5-13-10(11(17)18)12-4-3-9-14-8-15-16-9/h5,7-8H,2-4,6H2,1H3,(H,12,13)(H,14,15,16). The van der Waals surface area contributed by atoms with Crippen molar-refractivity contribution in [2.45, 2.75) is 26.3 Å². The molecule has 0 atom stereocenters. The molecular formula is C11H16N6O. The van der Waals surface area contributed by atoms with Crippen LogP contribution in [0.15, 0.2) is 23.5 Å². The van der Waals surface area contributed by atoms with Crippen LogP contribution in [0, 0.1) is 0 Å². The Kier molecular flexibility index (Phi) is 4.06. The molecule has 2 heterocycles. The van der Waals surface area contributed by atoms with Crippen LogP contribution in [-0.2, 0) is 13.0 Å². The molecule has 0 spiro atoms. The largest absolute Gasteiger partial charge is 0.365 e. The minimum atomic E-state index is -0.0862. The van der Waals surface area contributed by atoms with Gasteiger partial charge >= 0.3 is 0 Å². The number of hydrogen-bond acceptors (Lipinski definition) is 5. The molecule has 18 heavy (non-hydrogen) atoms. The molecule has 0 amide bonds. The summed E-state index contributed by atoms with van der Waals surface area (Å²) in [6, 6.07) is 0. The van der Waals surface area contributed by atoms with E-state index in [0.29, 0.717) is 25.3 Å². The van der Waals surface area contributed by atoms with Crippen LogP contribution < -0.4 is 10.9 Å². The Morgan fingerprint density at radius 1 is 1.44 bits per heavy atom. The number of H-pyrrole nitrogens is 1. The van der Waals surface area contributed by atoms with Crippen LogP contribution in [0.4, 0.5) is 5.82 Å². The van der Waals surface area contributed by atoms with E-state index in [0.717, 1.165) is 12.2 Å². The summed E-state index contributed by atoms with van der Waals surface area (Å²) in [6.45, 7) is 3.33. The molecule has 0 aliphatic rings. The first-order chi connectivity index (χ1) is 8.81. The van der Waals surface area contributed by atoms with Crippen molar-refractivity contribution in [1.29, 1.82) is 0 Å². The zero-order valence-electron chi connectivity index (χ0n) is 10.3. The van der Waals surface area contributed by atoms with Gasteiger partial charge in [0.1, 0.15) is 12.2 Å². The summed E-state index contributed by atoms with van der Waals surface area (Å²) in [5.41, 5.74) is -0.0862. The molecule has 0 fully saturated rings. The third-order valence-electron chi connectivity index (χ3n) is 2.50. The Labute approximate surface area is 104 Å². The lowest BCUT2D eigenvalue weighted by Crippen LogP contribution is -2.25. The number of aromatic amines is 1. The molecule has 0 radical (unpaired) electrons. The zero-order valence-corrected chi connectivity index (χ0v) is 10.3. The van der Waals surface area contributed by atoms with Crippen molar-refractivity contribution in [1.82, 2.24) is 24.7 Å². The molecule has 0 unspecified atom stereocenters. The number of nitrogens with one attached hydrogen (secondary N) is 2. The average Bonchev–Trinajstić information content (AvgIpc) is 2.87. The Morgan fingerprint density at radius 3 is 3.06 bits per heavy atom. The number of rotatable bonds is 6. The first-order valence-corrected chi connectivity index (χ1v) is 5.95. The quantitative estimate of drug-likeness (QED) is 0.773. The Hall–Kier alpha value is -2.18. The lowest BCUT2D eigenvalue weighted by Gasteiger charge is -2.07. The summed E-state index contributed by atoms with van der Waals surface area (Å²) in [7, 11) is 0. The fourth-order valence-electron chi connectivity index (χ4n) is 1.64. The van der Waals surface area contributed by atoms with E-state index in [2.05, 4.69) is 25.5 Å². The summed E-state index contributed by atoms with van der Waals surface area (Å²) in [5.74, 6) is 1.16. The minimum Gasteiger partial charge on any atom is -0.365 e. The molecule has 2 rings (SSSR count). The van der Waals surface area contributed by atoms with E-state index in [9.17, 15) is 4.79 Å². The van der Waals surface area contributed by atoms with Crippen molar-refractivity contribution in [3.8, 4) is 0 Å². The molecule has 2 aromatic heterocycles. The van der Waals surface area contributed by atoms with Gasteiger partial charge in [-0.1, -0.05) is 6.92 Å². The Bertz CT molecular complexity index is 533. The molecule has 0 aliphatic carbocycles. The molecule has 0 saturated heterocycles. The highest BCUT2D eigenvalue weighted by Crippen LogP contribution is 1.95. The molecule has 2 aromatic rings. The number of aryl methyl sites for hydroxylation is 1. The average molecular weight is 248 g/mol. The third-order valence-corrected chi connectivity index (χ3v) is 2.50.